The molecule has 0 radical (unpaired) electrons. The molecule has 3 heterocycles. The molecule has 1 atom stereocenters. The van der Waals surface area contributed by atoms with Crippen molar-refractivity contribution in [2.24, 2.45) is 0 Å². The first-order valence-corrected chi connectivity index (χ1v) is 10.7. The molecule has 0 bridgehead atoms. The van der Waals surface area contributed by atoms with Gasteiger partial charge in [0.15, 0.2) is 11.5 Å². The zero-order valence-electron chi connectivity index (χ0n) is 17.5. The Bertz CT molecular complexity index is 1010. The van der Waals surface area contributed by atoms with Crippen LogP contribution in [0.3, 0.4) is 0 Å². The smallest absolute Gasteiger partial charge is 0.231 e. The Morgan fingerprint density at radius 1 is 1.00 bits per heavy atom. The van der Waals surface area contributed by atoms with Crippen molar-refractivity contribution in [3.63, 3.8) is 0 Å². The van der Waals surface area contributed by atoms with Crippen LogP contribution < -0.4 is 19.7 Å². The van der Waals surface area contributed by atoms with Crippen LogP contribution in [0.15, 0.2) is 54.7 Å². The van der Waals surface area contributed by atoms with E-state index in [1.54, 1.807) is 0 Å². The monoisotopic (exact) mass is 404 g/mol. The summed E-state index contributed by atoms with van der Waals surface area (Å²) in [5, 5.41) is 8.46. The van der Waals surface area contributed by atoms with Crippen LogP contribution in [0.5, 0.6) is 11.5 Å². The molecule has 1 fully saturated rings. The summed E-state index contributed by atoms with van der Waals surface area (Å²) in [7, 11) is 0. The topological polar surface area (TPSA) is 51.6 Å². The molecular weight excluding hydrogens is 376 g/mol. The maximum Gasteiger partial charge on any atom is 0.231 e. The van der Waals surface area contributed by atoms with Gasteiger partial charge in [0.05, 0.1) is 11.9 Å². The molecule has 6 heteroatoms. The minimum Gasteiger partial charge on any atom is -0.454 e. The van der Waals surface area contributed by atoms with Gasteiger partial charge in [-0.05, 0) is 51.0 Å². The lowest BCUT2D eigenvalue weighted by Crippen LogP contribution is -2.43. The molecule has 0 aliphatic carbocycles. The molecule has 1 aromatic heterocycles. The second-order valence-corrected chi connectivity index (χ2v) is 8.12. The number of benzene rings is 2. The second kappa shape index (κ2) is 8.03. The highest BCUT2D eigenvalue weighted by Gasteiger charge is 2.24. The summed E-state index contributed by atoms with van der Waals surface area (Å²) in [5.74, 6) is 1.70. The van der Waals surface area contributed by atoms with Gasteiger partial charge in [0.1, 0.15) is 0 Å². The molecule has 1 N–H and O–H groups in total. The molecule has 0 saturated carbocycles. The summed E-state index contributed by atoms with van der Waals surface area (Å²) < 4.78 is 13.0. The van der Waals surface area contributed by atoms with Gasteiger partial charge in [0.2, 0.25) is 6.79 Å². The predicted molar refractivity (Wildman–Crippen MR) is 118 cm³/mol. The number of anilines is 1. The summed E-state index contributed by atoms with van der Waals surface area (Å²) in [6, 6.07) is 17.3. The fourth-order valence-electron chi connectivity index (χ4n) is 4.51. The van der Waals surface area contributed by atoms with Crippen molar-refractivity contribution >= 4 is 5.69 Å². The molecule has 6 nitrogen and oxygen atoms in total. The van der Waals surface area contributed by atoms with Crippen LogP contribution in [0.1, 0.15) is 37.1 Å². The molecule has 156 valence electrons. The number of nitrogens with one attached hydrogen (secondary N) is 1. The number of hydrogen-bond acceptors (Lipinski definition) is 5. The normalized spacial score (nSPS) is 17.3. The fraction of sp³-hybridized carbons (Fsp3) is 0.375. The number of hydrogen-bond donors (Lipinski definition) is 1. The average Bonchev–Trinajstić information content (AvgIpc) is 3.41. The summed E-state index contributed by atoms with van der Waals surface area (Å²) in [6.07, 6.45) is 4.23. The largest absolute Gasteiger partial charge is 0.454 e. The van der Waals surface area contributed by atoms with Crippen molar-refractivity contribution in [2.75, 3.05) is 24.8 Å². The number of fused-ring (bicyclic) bond motifs is 1. The van der Waals surface area contributed by atoms with Crippen LogP contribution in [0, 0.1) is 6.92 Å². The number of rotatable bonds is 5. The minimum atomic E-state index is 0.268. The second-order valence-electron chi connectivity index (χ2n) is 8.12. The van der Waals surface area contributed by atoms with E-state index in [0.717, 1.165) is 43.1 Å². The third-order valence-electron chi connectivity index (χ3n) is 6.22. The van der Waals surface area contributed by atoms with Crippen molar-refractivity contribution in [3.8, 4) is 17.2 Å². The van der Waals surface area contributed by atoms with E-state index in [2.05, 4.69) is 53.4 Å². The lowest BCUT2D eigenvalue weighted by atomic mass is 10.0. The van der Waals surface area contributed by atoms with Gasteiger partial charge in [0.25, 0.3) is 0 Å². The lowest BCUT2D eigenvalue weighted by molar-refractivity contribution is 0.174. The Morgan fingerprint density at radius 3 is 2.57 bits per heavy atom. The standard InChI is InChI=1S/C24H28N4O2/c1-17(22-15-25-28(18(22)2)20-6-4-3-5-7-20)26-19-10-12-27(13-11-19)21-8-9-23-24(14-21)30-16-29-23/h3-9,14-15,17,19,26H,10-13,16H2,1-2H3/t17-/m1/s1. The van der Waals surface area contributed by atoms with E-state index in [1.807, 2.05) is 35.1 Å². The van der Waals surface area contributed by atoms with Gasteiger partial charge in [-0.2, -0.15) is 5.10 Å². The number of ether oxygens (including phenoxy) is 2. The van der Waals surface area contributed by atoms with Crippen LogP contribution in [0.25, 0.3) is 5.69 Å². The van der Waals surface area contributed by atoms with E-state index in [0.29, 0.717) is 12.8 Å². The predicted octanol–water partition coefficient (Wildman–Crippen LogP) is 4.23. The molecule has 2 aliphatic rings. The van der Waals surface area contributed by atoms with Gasteiger partial charge in [0, 0.05) is 48.2 Å². The SMILES string of the molecule is Cc1c([C@@H](C)NC2CCN(c3ccc4c(c3)OCO4)CC2)cnn1-c1ccccc1. The molecule has 3 aromatic rings. The Balaban J connectivity index is 1.20. The third-order valence-corrected chi connectivity index (χ3v) is 6.22. The van der Waals surface area contributed by atoms with Crippen molar-refractivity contribution < 1.29 is 9.47 Å². The fourth-order valence-corrected chi connectivity index (χ4v) is 4.51. The minimum absolute atomic E-state index is 0.268. The van der Waals surface area contributed by atoms with E-state index < -0.39 is 0 Å². The van der Waals surface area contributed by atoms with E-state index in [9.17, 15) is 0 Å². The molecule has 1 saturated heterocycles. The first-order chi connectivity index (χ1) is 14.7. The van der Waals surface area contributed by atoms with E-state index >= 15 is 0 Å². The molecular formula is C24H28N4O2. The highest BCUT2D eigenvalue weighted by atomic mass is 16.7. The van der Waals surface area contributed by atoms with Gasteiger partial charge >= 0.3 is 0 Å². The highest BCUT2D eigenvalue weighted by Crippen LogP contribution is 2.36. The molecule has 2 aliphatic heterocycles. The average molecular weight is 405 g/mol. The van der Waals surface area contributed by atoms with Crippen molar-refractivity contribution in [2.45, 2.75) is 38.8 Å². The molecule has 0 unspecified atom stereocenters. The van der Waals surface area contributed by atoms with Gasteiger partial charge < -0.3 is 19.7 Å². The number of aromatic nitrogens is 2. The van der Waals surface area contributed by atoms with Crippen molar-refractivity contribution in [1.82, 2.24) is 15.1 Å². The van der Waals surface area contributed by atoms with Crippen LogP contribution in [0.4, 0.5) is 5.69 Å². The molecule has 0 amide bonds. The van der Waals surface area contributed by atoms with Gasteiger partial charge in [-0.1, -0.05) is 18.2 Å². The maximum atomic E-state index is 5.53. The number of para-hydroxylation sites is 1. The zero-order chi connectivity index (χ0) is 20.5. The van der Waals surface area contributed by atoms with Crippen molar-refractivity contribution in [1.29, 1.82) is 0 Å². The van der Waals surface area contributed by atoms with E-state index in [1.165, 1.54) is 16.9 Å². The Kier molecular flexibility index (Phi) is 5.09. The van der Waals surface area contributed by atoms with Gasteiger partial charge in [-0.15, -0.1) is 0 Å². The summed E-state index contributed by atoms with van der Waals surface area (Å²) in [5.41, 5.74) is 4.77. The van der Waals surface area contributed by atoms with E-state index in [4.69, 9.17) is 9.47 Å². The molecule has 30 heavy (non-hydrogen) atoms. The zero-order valence-corrected chi connectivity index (χ0v) is 17.5. The van der Waals surface area contributed by atoms with Crippen LogP contribution in [-0.2, 0) is 0 Å². The first kappa shape index (κ1) is 19.0. The Labute approximate surface area is 177 Å². The highest BCUT2D eigenvalue weighted by molar-refractivity contribution is 5.57. The number of nitrogens with zero attached hydrogens (tertiary/aromatic N) is 3. The van der Waals surface area contributed by atoms with Crippen LogP contribution in [-0.4, -0.2) is 35.7 Å². The Hall–Kier alpha value is -2.99. The summed E-state index contributed by atoms with van der Waals surface area (Å²) in [4.78, 5) is 2.43. The quantitative estimate of drug-likeness (QED) is 0.690. The van der Waals surface area contributed by atoms with Gasteiger partial charge in [-0.25, -0.2) is 4.68 Å². The summed E-state index contributed by atoms with van der Waals surface area (Å²) in [6.45, 7) is 6.78. The van der Waals surface area contributed by atoms with Crippen LogP contribution in [0.2, 0.25) is 0 Å². The van der Waals surface area contributed by atoms with Crippen LogP contribution >= 0.6 is 0 Å². The Morgan fingerprint density at radius 2 is 1.77 bits per heavy atom. The number of piperidine rings is 1. The van der Waals surface area contributed by atoms with E-state index in [-0.39, 0.29) is 6.04 Å². The molecule has 5 rings (SSSR count). The maximum absolute atomic E-state index is 5.53. The van der Waals surface area contributed by atoms with Gasteiger partial charge in [-0.3, -0.25) is 0 Å². The third kappa shape index (κ3) is 3.63. The first-order valence-electron chi connectivity index (χ1n) is 10.7. The summed E-state index contributed by atoms with van der Waals surface area (Å²) >= 11 is 0. The molecule has 2 aromatic carbocycles. The molecule has 0 spiro atoms. The van der Waals surface area contributed by atoms with Crippen molar-refractivity contribution in [3.05, 3.63) is 66.0 Å². The lowest BCUT2D eigenvalue weighted by Gasteiger charge is -2.35.